The molecule has 0 radical (unpaired) electrons. The van der Waals surface area contributed by atoms with E-state index in [-0.39, 0.29) is 24.0 Å². The fourth-order valence-electron chi connectivity index (χ4n) is 2.93. The summed E-state index contributed by atoms with van der Waals surface area (Å²) in [5.41, 5.74) is 1.14. The minimum atomic E-state index is -0.668. The summed E-state index contributed by atoms with van der Waals surface area (Å²) < 4.78 is 11.9. The largest absolute Gasteiger partial charge is 0.420 e. The van der Waals surface area contributed by atoms with Gasteiger partial charge in [0.25, 0.3) is 0 Å². The van der Waals surface area contributed by atoms with Crippen LogP contribution in [0.2, 0.25) is 0 Å². The van der Waals surface area contributed by atoms with Gasteiger partial charge in [-0.25, -0.2) is 4.79 Å². The molecule has 1 aromatic carbocycles. The van der Waals surface area contributed by atoms with Gasteiger partial charge in [0.2, 0.25) is 11.0 Å². The van der Waals surface area contributed by atoms with Gasteiger partial charge in [0, 0.05) is 12.2 Å². The molecule has 1 saturated heterocycles. The number of ether oxygens (including phenoxy) is 1. The lowest BCUT2D eigenvalue weighted by Crippen LogP contribution is -2.24. The number of rotatable bonds is 5. The molecule has 2 aromatic heterocycles. The van der Waals surface area contributed by atoms with Crippen molar-refractivity contribution in [3.63, 3.8) is 0 Å². The third kappa shape index (κ3) is 3.53. The molecule has 3 heterocycles. The number of oxazole rings is 1. The zero-order valence-corrected chi connectivity index (χ0v) is 15.2. The Labute approximate surface area is 157 Å². The number of Topliss-reactive ketones (excluding diaryl/α,β-unsaturated/α-hetero) is 1. The van der Waals surface area contributed by atoms with Gasteiger partial charge in [-0.05, 0) is 38.0 Å². The van der Waals surface area contributed by atoms with E-state index in [0.717, 1.165) is 17.8 Å². The van der Waals surface area contributed by atoms with Gasteiger partial charge < -0.3 is 9.15 Å². The minimum absolute atomic E-state index is 0.0657. The second-order valence-electron chi connectivity index (χ2n) is 6.19. The Hall–Kier alpha value is -2.85. The second-order valence-corrected chi connectivity index (χ2v) is 7.20. The Morgan fingerprint density at radius 2 is 2.22 bits per heavy atom. The highest BCUT2D eigenvalue weighted by Gasteiger charge is 2.22. The molecular weight excluding hydrogens is 372 g/mol. The van der Waals surface area contributed by atoms with Crippen molar-refractivity contribution >= 4 is 39.3 Å². The van der Waals surface area contributed by atoms with E-state index in [0.29, 0.717) is 22.8 Å². The normalized spacial score (nSPS) is 16.7. The zero-order chi connectivity index (χ0) is 19.0. The average Bonchev–Trinajstić information content (AvgIpc) is 3.35. The predicted octanol–water partition coefficient (Wildman–Crippen LogP) is 2.14. The fraction of sp³-hybridized carbons (Fsp3) is 0.353. The summed E-state index contributed by atoms with van der Waals surface area (Å²) in [4.78, 5) is 35.8. The number of amides is 1. The number of hydrogen-bond donors (Lipinski definition) is 1. The van der Waals surface area contributed by atoms with Crippen molar-refractivity contribution in [2.45, 2.75) is 32.4 Å². The van der Waals surface area contributed by atoms with Crippen molar-refractivity contribution in [3.05, 3.63) is 39.3 Å². The summed E-state index contributed by atoms with van der Waals surface area (Å²) in [6, 6.07) is 4.67. The standard InChI is InChI=1S/C17H16N4O5S/c1-9(22)10-4-5-11-13(7-10)26-17(24)21(11)8-14(23)18-16-20-19-15(27-16)12-3-2-6-25-12/h4-5,7,12H,2-3,6,8H2,1H3,(H,18,20,23). The summed E-state index contributed by atoms with van der Waals surface area (Å²) in [5, 5.41) is 11.7. The van der Waals surface area contributed by atoms with Crippen LogP contribution in [0.5, 0.6) is 0 Å². The predicted molar refractivity (Wildman–Crippen MR) is 96.9 cm³/mol. The number of carbonyl (C=O) groups is 2. The molecule has 140 valence electrons. The number of nitrogens with zero attached hydrogens (tertiary/aromatic N) is 3. The molecular formula is C17H16N4O5S. The zero-order valence-electron chi connectivity index (χ0n) is 14.4. The summed E-state index contributed by atoms with van der Waals surface area (Å²) in [7, 11) is 0. The van der Waals surface area contributed by atoms with E-state index in [2.05, 4.69) is 15.5 Å². The van der Waals surface area contributed by atoms with E-state index in [4.69, 9.17) is 9.15 Å². The summed E-state index contributed by atoms with van der Waals surface area (Å²) in [6.07, 6.45) is 1.80. The summed E-state index contributed by atoms with van der Waals surface area (Å²) in [5.74, 6) is -1.23. The average molecular weight is 388 g/mol. The monoisotopic (exact) mass is 388 g/mol. The maximum Gasteiger partial charge on any atom is 0.420 e. The Bertz CT molecular complexity index is 1080. The van der Waals surface area contributed by atoms with Crippen molar-refractivity contribution in [2.24, 2.45) is 0 Å². The number of fused-ring (bicyclic) bond motifs is 1. The molecule has 0 saturated carbocycles. The fourth-order valence-corrected chi connectivity index (χ4v) is 3.77. The lowest BCUT2D eigenvalue weighted by Gasteiger charge is -2.03. The smallest absolute Gasteiger partial charge is 0.408 e. The maximum absolute atomic E-state index is 12.3. The minimum Gasteiger partial charge on any atom is -0.408 e. The number of carbonyl (C=O) groups excluding carboxylic acids is 2. The first kappa shape index (κ1) is 17.6. The van der Waals surface area contributed by atoms with E-state index in [1.54, 1.807) is 12.1 Å². The Kier molecular flexibility index (Phi) is 4.58. The van der Waals surface area contributed by atoms with Crippen molar-refractivity contribution in [2.75, 3.05) is 11.9 Å². The van der Waals surface area contributed by atoms with Crippen LogP contribution in [0.3, 0.4) is 0 Å². The first-order chi connectivity index (χ1) is 13.0. The molecule has 0 bridgehead atoms. The molecule has 1 aliphatic rings. The van der Waals surface area contributed by atoms with Crippen LogP contribution in [0, 0.1) is 0 Å². The Balaban J connectivity index is 1.50. The molecule has 3 aromatic rings. The number of hydrogen-bond acceptors (Lipinski definition) is 8. The topological polar surface area (TPSA) is 116 Å². The third-order valence-corrected chi connectivity index (χ3v) is 5.20. The number of nitrogens with one attached hydrogen (secondary N) is 1. The van der Waals surface area contributed by atoms with Crippen LogP contribution in [0.25, 0.3) is 11.1 Å². The molecule has 27 heavy (non-hydrogen) atoms. The van der Waals surface area contributed by atoms with Gasteiger partial charge in [0.05, 0.1) is 5.52 Å². The molecule has 1 N–H and O–H groups in total. The molecule has 1 aliphatic heterocycles. The molecule has 9 nitrogen and oxygen atoms in total. The number of anilines is 1. The molecule has 4 rings (SSSR count). The van der Waals surface area contributed by atoms with E-state index >= 15 is 0 Å². The molecule has 1 amide bonds. The second kappa shape index (κ2) is 7.05. The van der Waals surface area contributed by atoms with E-state index in [1.807, 2.05) is 0 Å². The number of ketones is 1. The van der Waals surface area contributed by atoms with Gasteiger partial charge in [-0.1, -0.05) is 11.3 Å². The van der Waals surface area contributed by atoms with Crippen LogP contribution >= 0.6 is 11.3 Å². The van der Waals surface area contributed by atoms with Crippen molar-refractivity contribution in [3.8, 4) is 0 Å². The van der Waals surface area contributed by atoms with Crippen LogP contribution in [0.4, 0.5) is 5.13 Å². The lowest BCUT2D eigenvalue weighted by molar-refractivity contribution is -0.116. The van der Waals surface area contributed by atoms with Gasteiger partial charge in [-0.3, -0.25) is 19.5 Å². The number of aromatic nitrogens is 3. The molecule has 0 aliphatic carbocycles. The van der Waals surface area contributed by atoms with Crippen LogP contribution in [-0.4, -0.2) is 33.1 Å². The molecule has 1 atom stereocenters. The lowest BCUT2D eigenvalue weighted by atomic mass is 10.1. The van der Waals surface area contributed by atoms with E-state index in [9.17, 15) is 14.4 Å². The molecule has 1 unspecified atom stereocenters. The van der Waals surface area contributed by atoms with E-state index < -0.39 is 11.7 Å². The van der Waals surface area contributed by atoms with Gasteiger partial charge in [0.15, 0.2) is 11.4 Å². The van der Waals surface area contributed by atoms with Crippen LogP contribution in [0.15, 0.2) is 27.4 Å². The quantitative estimate of drug-likeness (QED) is 0.666. The highest BCUT2D eigenvalue weighted by molar-refractivity contribution is 7.15. The number of benzene rings is 1. The van der Waals surface area contributed by atoms with E-state index in [1.165, 1.54) is 28.9 Å². The van der Waals surface area contributed by atoms with Gasteiger partial charge in [-0.15, -0.1) is 10.2 Å². The molecule has 0 spiro atoms. The highest BCUT2D eigenvalue weighted by Crippen LogP contribution is 2.31. The highest BCUT2D eigenvalue weighted by atomic mass is 32.1. The van der Waals surface area contributed by atoms with Crippen LogP contribution < -0.4 is 11.1 Å². The molecule has 1 fully saturated rings. The van der Waals surface area contributed by atoms with Crippen molar-refractivity contribution in [1.29, 1.82) is 0 Å². The Morgan fingerprint density at radius 1 is 1.37 bits per heavy atom. The van der Waals surface area contributed by atoms with Crippen LogP contribution in [0.1, 0.15) is 41.2 Å². The first-order valence-electron chi connectivity index (χ1n) is 8.40. The third-order valence-electron chi connectivity index (χ3n) is 4.27. The van der Waals surface area contributed by atoms with Gasteiger partial charge in [-0.2, -0.15) is 0 Å². The maximum atomic E-state index is 12.3. The summed E-state index contributed by atoms with van der Waals surface area (Å²) in [6.45, 7) is 1.89. The SMILES string of the molecule is CC(=O)c1ccc2c(c1)oc(=O)n2CC(=O)Nc1nnc(C2CCCO2)s1. The van der Waals surface area contributed by atoms with Crippen molar-refractivity contribution < 1.29 is 18.7 Å². The summed E-state index contributed by atoms with van der Waals surface area (Å²) >= 11 is 1.26. The van der Waals surface area contributed by atoms with Crippen LogP contribution in [-0.2, 0) is 16.1 Å². The van der Waals surface area contributed by atoms with Gasteiger partial charge in [0.1, 0.15) is 17.7 Å². The van der Waals surface area contributed by atoms with Crippen molar-refractivity contribution in [1.82, 2.24) is 14.8 Å². The van der Waals surface area contributed by atoms with Gasteiger partial charge >= 0.3 is 5.76 Å². The Morgan fingerprint density at radius 3 is 2.96 bits per heavy atom. The molecule has 10 heteroatoms. The first-order valence-corrected chi connectivity index (χ1v) is 9.22.